The van der Waals surface area contributed by atoms with Crippen LogP contribution in [0.2, 0.25) is 0 Å². The molecule has 152 valence electrons. The van der Waals surface area contributed by atoms with Gasteiger partial charge in [-0.15, -0.1) is 11.3 Å². The van der Waals surface area contributed by atoms with Gasteiger partial charge in [0, 0.05) is 31.0 Å². The topological polar surface area (TPSA) is 92.0 Å². The van der Waals surface area contributed by atoms with Crippen LogP contribution in [0.4, 0.5) is 0 Å². The smallest absolute Gasteiger partial charge is 0.353 e. The third kappa shape index (κ3) is 5.30. The Morgan fingerprint density at radius 3 is 2.72 bits per heavy atom. The van der Waals surface area contributed by atoms with Crippen molar-refractivity contribution in [3.8, 4) is 5.75 Å². The van der Waals surface area contributed by atoms with Gasteiger partial charge >= 0.3 is 17.6 Å². The first kappa shape index (κ1) is 20.8. The molecule has 0 saturated carbocycles. The highest BCUT2D eigenvalue weighted by atomic mass is 32.1. The second-order valence-electron chi connectivity index (χ2n) is 6.28. The number of aryl methyl sites for hydroxylation is 2. The molecule has 0 aliphatic rings. The minimum absolute atomic E-state index is 0.106. The van der Waals surface area contributed by atoms with Crippen molar-refractivity contribution < 1.29 is 28.2 Å². The predicted molar refractivity (Wildman–Crippen MR) is 108 cm³/mol. The SMILES string of the molecule is COCCOC(=O)CCc1cc2c(C)cc(=O)oc2cc1OC(=O)c1cccs1. The van der Waals surface area contributed by atoms with Crippen LogP contribution in [0.3, 0.4) is 0 Å². The van der Waals surface area contributed by atoms with Crippen molar-refractivity contribution in [2.45, 2.75) is 19.8 Å². The first-order chi connectivity index (χ1) is 14.0. The number of methoxy groups -OCH3 is 1. The van der Waals surface area contributed by atoms with Crippen LogP contribution in [-0.4, -0.2) is 32.3 Å². The van der Waals surface area contributed by atoms with E-state index in [1.54, 1.807) is 30.5 Å². The Labute approximate surface area is 170 Å². The summed E-state index contributed by atoms with van der Waals surface area (Å²) in [6.07, 6.45) is 0.405. The fourth-order valence-electron chi connectivity index (χ4n) is 2.77. The van der Waals surface area contributed by atoms with Gasteiger partial charge in [0.05, 0.1) is 6.61 Å². The van der Waals surface area contributed by atoms with E-state index in [-0.39, 0.29) is 24.7 Å². The molecule has 2 aromatic heterocycles. The number of esters is 2. The van der Waals surface area contributed by atoms with Crippen LogP contribution in [0.15, 0.2) is 44.9 Å². The van der Waals surface area contributed by atoms with E-state index in [0.717, 1.165) is 5.56 Å². The summed E-state index contributed by atoms with van der Waals surface area (Å²) >= 11 is 1.26. The molecule has 29 heavy (non-hydrogen) atoms. The summed E-state index contributed by atoms with van der Waals surface area (Å²) in [4.78, 5) is 36.5. The van der Waals surface area contributed by atoms with Crippen molar-refractivity contribution >= 4 is 34.2 Å². The monoisotopic (exact) mass is 416 g/mol. The molecule has 3 aromatic rings. The maximum Gasteiger partial charge on any atom is 0.353 e. The van der Waals surface area contributed by atoms with E-state index in [1.807, 2.05) is 0 Å². The molecule has 0 spiro atoms. The van der Waals surface area contributed by atoms with Crippen LogP contribution in [0.25, 0.3) is 11.0 Å². The van der Waals surface area contributed by atoms with E-state index in [0.29, 0.717) is 34.4 Å². The molecule has 0 fully saturated rings. The molecule has 0 radical (unpaired) electrons. The second-order valence-corrected chi connectivity index (χ2v) is 7.23. The minimum atomic E-state index is -0.515. The second kappa shape index (κ2) is 9.49. The standard InChI is InChI=1S/C21H20O7S/c1-13-10-20(23)27-17-12-16(28-21(24)18-4-3-9-29-18)14(11-15(13)17)5-6-19(22)26-8-7-25-2/h3-4,9-12H,5-8H2,1-2H3. The zero-order valence-electron chi connectivity index (χ0n) is 16.1. The molecule has 2 heterocycles. The van der Waals surface area contributed by atoms with Crippen LogP contribution in [0.5, 0.6) is 5.75 Å². The number of carbonyl (C=O) groups excluding carboxylic acids is 2. The zero-order chi connectivity index (χ0) is 20.8. The van der Waals surface area contributed by atoms with Crippen molar-refractivity contribution in [2.24, 2.45) is 0 Å². The molecule has 0 N–H and O–H groups in total. The minimum Gasteiger partial charge on any atom is -0.463 e. The lowest BCUT2D eigenvalue weighted by Crippen LogP contribution is -2.12. The summed E-state index contributed by atoms with van der Waals surface area (Å²) < 4.78 is 20.7. The van der Waals surface area contributed by atoms with Crippen LogP contribution in [-0.2, 0) is 20.7 Å². The van der Waals surface area contributed by atoms with Gasteiger partial charge in [0.25, 0.3) is 0 Å². The summed E-state index contributed by atoms with van der Waals surface area (Å²) in [5.41, 5.74) is 1.20. The number of rotatable bonds is 8. The van der Waals surface area contributed by atoms with Crippen molar-refractivity contribution in [3.05, 3.63) is 62.1 Å². The molecule has 0 atom stereocenters. The fourth-order valence-corrected chi connectivity index (χ4v) is 3.37. The van der Waals surface area contributed by atoms with E-state index in [9.17, 15) is 14.4 Å². The van der Waals surface area contributed by atoms with Gasteiger partial charge in [0.1, 0.15) is 22.8 Å². The van der Waals surface area contributed by atoms with Crippen molar-refractivity contribution in [1.29, 1.82) is 0 Å². The normalized spacial score (nSPS) is 10.8. The number of ether oxygens (including phenoxy) is 3. The average molecular weight is 416 g/mol. The number of fused-ring (bicyclic) bond motifs is 1. The van der Waals surface area contributed by atoms with Crippen molar-refractivity contribution in [1.82, 2.24) is 0 Å². The third-order valence-electron chi connectivity index (χ3n) is 4.21. The van der Waals surface area contributed by atoms with E-state index < -0.39 is 11.6 Å². The maximum absolute atomic E-state index is 12.4. The average Bonchev–Trinajstić information content (AvgIpc) is 3.21. The molecule has 8 heteroatoms. The van der Waals surface area contributed by atoms with E-state index in [4.69, 9.17) is 18.6 Å². The molecule has 0 aliphatic carbocycles. The van der Waals surface area contributed by atoms with Crippen LogP contribution >= 0.6 is 11.3 Å². The lowest BCUT2D eigenvalue weighted by Gasteiger charge is -2.12. The summed E-state index contributed by atoms with van der Waals surface area (Å²) in [6, 6.07) is 8.09. The molecule has 0 saturated heterocycles. The number of carbonyl (C=O) groups is 2. The molecule has 0 unspecified atom stereocenters. The predicted octanol–water partition coefficient (Wildman–Crippen LogP) is 3.50. The summed E-state index contributed by atoms with van der Waals surface area (Å²) in [5.74, 6) is -0.651. The Bertz CT molecular complexity index is 1070. The Morgan fingerprint density at radius 1 is 1.17 bits per heavy atom. The number of thiophene rings is 1. The summed E-state index contributed by atoms with van der Waals surface area (Å²) in [7, 11) is 1.53. The van der Waals surface area contributed by atoms with Gasteiger partial charge < -0.3 is 18.6 Å². The molecule has 1 aromatic carbocycles. The third-order valence-corrected chi connectivity index (χ3v) is 5.06. The van der Waals surface area contributed by atoms with Crippen LogP contribution < -0.4 is 10.4 Å². The highest BCUT2D eigenvalue weighted by Gasteiger charge is 2.17. The van der Waals surface area contributed by atoms with Crippen LogP contribution in [0, 0.1) is 6.92 Å². The molecule has 7 nitrogen and oxygen atoms in total. The Kier molecular flexibility index (Phi) is 6.79. The van der Waals surface area contributed by atoms with Crippen molar-refractivity contribution in [3.63, 3.8) is 0 Å². The van der Waals surface area contributed by atoms with E-state index >= 15 is 0 Å². The van der Waals surface area contributed by atoms with Gasteiger partial charge in [0.15, 0.2) is 0 Å². The molecular formula is C21H20O7S. The van der Waals surface area contributed by atoms with E-state index in [2.05, 4.69) is 0 Å². The molecule has 0 aliphatic heterocycles. The van der Waals surface area contributed by atoms with Gasteiger partial charge in [-0.2, -0.15) is 0 Å². The Balaban J connectivity index is 1.89. The summed E-state index contributed by atoms with van der Waals surface area (Å²) in [6.45, 7) is 2.29. The van der Waals surface area contributed by atoms with Gasteiger partial charge in [-0.3, -0.25) is 4.79 Å². The molecular weight excluding hydrogens is 396 g/mol. The molecule has 0 amide bonds. The Hall–Kier alpha value is -2.97. The van der Waals surface area contributed by atoms with Gasteiger partial charge in [0.2, 0.25) is 0 Å². The largest absolute Gasteiger partial charge is 0.463 e. The quantitative estimate of drug-likeness (QED) is 0.240. The first-order valence-corrected chi connectivity index (χ1v) is 9.83. The van der Waals surface area contributed by atoms with Crippen molar-refractivity contribution in [2.75, 3.05) is 20.3 Å². The summed E-state index contributed by atoms with van der Waals surface area (Å²) in [5, 5.41) is 2.49. The highest BCUT2D eigenvalue weighted by Crippen LogP contribution is 2.29. The van der Waals surface area contributed by atoms with Gasteiger partial charge in [-0.05, 0) is 42.0 Å². The maximum atomic E-state index is 12.4. The molecule has 0 bridgehead atoms. The molecule has 3 rings (SSSR count). The number of hydrogen-bond acceptors (Lipinski definition) is 8. The lowest BCUT2D eigenvalue weighted by atomic mass is 10.0. The van der Waals surface area contributed by atoms with Gasteiger partial charge in [-0.25, -0.2) is 9.59 Å². The first-order valence-electron chi connectivity index (χ1n) is 8.95. The highest BCUT2D eigenvalue weighted by molar-refractivity contribution is 7.12. The van der Waals surface area contributed by atoms with Crippen LogP contribution in [0.1, 0.15) is 27.2 Å². The van der Waals surface area contributed by atoms with Gasteiger partial charge in [-0.1, -0.05) is 6.07 Å². The van der Waals surface area contributed by atoms with E-state index in [1.165, 1.54) is 30.6 Å². The fraction of sp³-hybridized carbons (Fsp3) is 0.286. The number of benzene rings is 1. The number of hydrogen-bond donors (Lipinski definition) is 0. The Morgan fingerprint density at radius 2 is 2.00 bits per heavy atom. The lowest BCUT2D eigenvalue weighted by molar-refractivity contribution is -0.144. The zero-order valence-corrected chi connectivity index (χ0v) is 16.9.